The summed E-state index contributed by atoms with van der Waals surface area (Å²) in [6, 6.07) is 18.3. The van der Waals surface area contributed by atoms with Crippen molar-refractivity contribution in [3.8, 4) is 17.2 Å². The van der Waals surface area contributed by atoms with Gasteiger partial charge in [0.2, 0.25) is 5.78 Å². The first-order valence-electron chi connectivity index (χ1n) is 36.3. The number of phenolic OH excluding ortho intramolecular Hbond substituents is 2. The lowest BCUT2D eigenvalue weighted by atomic mass is 9.44. The molecule has 0 radical (unpaired) electrons. The van der Waals surface area contributed by atoms with Gasteiger partial charge in [-0.15, -0.1) is 23.2 Å². The van der Waals surface area contributed by atoms with Crippen LogP contribution in [0.25, 0.3) is 0 Å². The third kappa shape index (κ3) is 16.3. The molecule has 18 atom stereocenters. The molecule has 4 aromatic carbocycles. The zero-order chi connectivity index (χ0) is 81.6. The van der Waals surface area contributed by atoms with Crippen LogP contribution >= 0.6 is 30.9 Å². The summed E-state index contributed by atoms with van der Waals surface area (Å²) in [6.45, 7) is 14.7. The van der Waals surface area contributed by atoms with Crippen LogP contribution in [-0.4, -0.2) is 240 Å². The molecule has 1 unspecified atom stereocenters. The van der Waals surface area contributed by atoms with Gasteiger partial charge in [-0.05, 0) is 82.9 Å². The van der Waals surface area contributed by atoms with E-state index in [9.17, 15) is 88.9 Å². The fraction of sp³-hybridized carbons (Fsp3) is 0.558. The van der Waals surface area contributed by atoms with Crippen molar-refractivity contribution in [3.05, 3.63) is 135 Å². The number of ether oxygens (including phenoxy) is 8. The Morgan fingerprint density at radius 2 is 1.50 bits per heavy atom. The van der Waals surface area contributed by atoms with E-state index >= 15 is 0 Å². The Labute approximate surface area is 650 Å². The quantitative estimate of drug-likeness (QED) is 0.0135. The van der Waals surface area contributed by atoms with Gasteiger partial charge in [0.25, 0.3) is 0 Å². The van der Waals surface area contributed by atoms with Crippen LogP contribution in [0.1, 0.15) is 165 Å². The molecule has 8 aliphatic rings. The predicted octanol–water partition coefficient (Wildman–Crippen LogP) is 5.14. The molecule has 5 aliphatic carbocycles. The zero-order valence-corrected chi connectivity index (χ0v) is 65.4. The van der Waals surface area contributed by atoms with Crippen LogP contribution in [0.3, 0.4) is 0 Å². The second-order valence-corrected chi connectivity index (χ2v) is 33.6. The lowest BCUT2D eigenvalue weighted by molar-refractivity contribution is -0.346. The first-order chi connectivity index (χ1) is 52.1. The van der Waals surface area contributed by atoms with E-state index in [1.807, 2.05) is 0 Å². The fourth-order valence-electron chi connectivity index (χ4n) is 16.6. The van der Waals surface area contributed by atoms with E-state index in [4.69, 9.17) is 71.4 Å². The Kier molecular flexibility index (Phi) is 26.0. The summed E-state index contributed by atoms with van der Waals surface area (Å²) >= 11 is 11.2. The Hall–Kier alpha value is -7.37. The molecule has 606 valence electrons. The van der Waals surface area contributed by atoms with Gasteiger partial charge in [-0.25, -0.2) is 24.1 Å². The first kappa shape index (κ1) is 86.0. The molecule has 2 saturated carbocycles. The van der Waals surface area contributed by atoms with E-state index in [1.54, 1.807) is 94.7 Å². The summed E-state index contributed by atoms with van der Waals surface area (Å²) in [7, 11) is -1.52. The number of aromatic hydroxyl groups is 2. The number of hydrogen-bond acceptors (Lipinski definition) is 28. The predicted molar refractivity (Wildman–Crippen MR) is 395 cm³/mol. The van der Waals surface area contributed by atoms with Crippen molar-refractivity contribution in [3.63, 3.8) is 0 Å². The minimum absolute atomic E-state index is 0.0173. The topological polar surface area (TPSA) is 472 Å². The number of amides is 1. The van der Waals surface area contributed by atoms with Gasteiger partial charge in [-0.2, -0.15) is 0 Å². The molecule has 3 heterocycles. The zero-order valence-electron chi connectivity index (χ0n) is 63.0. The van der Waals surface area contributed by atoms with Crippen molar-refractivity contribution in [2.45, 2.75) is 197 Å². The number of phenols is 2. The number of carbonyl (C=O) groups excluding carboxylic acids is 8. The van der Waals surface area contributed by atoms with E-state index in [0.717, 1.165) is 19.9 Å². The Morgan fingerprint density at radius 1 is 0.856 bits per heavy atom. The number of Topliss-reactive ketones (excluding diaryl/α,β-unsaturated/α-hetero) is 2. The third-order valence-electron chi connectivity index (χ3n) is 22.3. The van der Waals surface area contributed by atoms with Crippen molar-refractivity contribution >= 4 is 78.0 Å². The molecule has 12 rings (SSSR count). The van der Waals surface area contributed by atoms with Crippen molar-refractivity contribution in [1.29, 1.82) is 0 Å². The van der Waals surface area contributed by atoms with Crippen molar-refractivity contribution in [2.75, 3.05) is 58.3 Å². The molecule has 34 heteroatoms. The number of fused-ring (bicyclic) bond motifs is 8. The average molecular weight is 1610 g/mol. The van der Waals surface area contributed by atoms with Gasteiger partial charge in [-0.1, -0.05) is 74.5 Å². The summed E-state index contributed by atoms with van der Waals surface area (Å²) in [5.41, 5.74) is -5.76. The normalized spacial score (nSPS) is 31.6. The van der Waals surface area contributed by atoms with Crippen molar-refractivity contribution in [1.82, 2.24) is 15.1 Å². The van der Waals surface area contributed by atoms with Gasteiger partial charge in [0.15, 0.2) is 35.3 Å². The van der Waals surface area contributed by atoms with E-state index in [0.29, 0.717) is 37.0 Å². The highest BCUT2D eigenvalue weighted by Crippen LogP contribution is 2.65. The van der Waals surface area contributed by atoms with Gasteiger partial charge in [0, 0.05) is 98.6 Å². The number of methoxy groups -OCH3 is 1. The van der Waals surface area contributed by atoms with E-state index in [2.05, 4.69) is 10.4 Å². The molecular weight excluding hydrogens is 1510 g/mol. The number of nitrogens with zero attached hydrogens (tertiary/aromatic N) is 1. The van der Waals surface area contributed by atoms with Crippen LogP contribution in [0.5, 0.6) is 17.2 Å². The van der Waals surface area contributed by atoms with Crippen LogP contribution in [0.4, 0.5) is 4.79 Å². The van der Waals surface area contributed by atoms with Crippen molar-refractivity contribution in [2.24, 2.45) is 22.5 Å². The highest BCUT2D eigenvalue weighted by Gasteiger charge is 2.78. The van der Waals surface area contributed by atoms with E-state index in [-0.39, 0.29) is 64.2 Å². The SMILES string of the molecule is CC(=O)O[C@@]12CO[C@@H]1C[C@H](O)[C@@]1(C)C(=O)[C@H](O)C3=C(C)[C@@H](OC(=O)[C@H](O)[C@@H](NC(=O)OC(C)(C)C)c4ccccc4)C[C@@](O)([C@@H](OC(=O)c4ccccc4)[C@H]21)C3(C)C.COc1cccc2c1C(=O)c1c(O)c3c(c(O)c1C2=O)C[C@@](O)(C(=O)CO)C[C@@H]3O[C@H]1C[C@H](N)[C@H](O)[C@H](C)O1.O=P1(N(CCCl)CCCl)NCCCO1. The minimum atomic E-state index is -2.84. The van der Waals surface area contributed by atoms with Crippen LogP contribution in [0.2, 0.25) is 0 Å². The number of aliphatic hydroxyl groups excluding tert-OH is 5. The number of nitrogens with two attached hydrogens (primary N) is 1. The number of ketones is 4. The van der Waals surface area contributed by atoms with Gasteiger partial charge < -0.3 is 99.4 Å². The maximum Gasteiger partial charge on any atom is 0.408 e. The monoisotopic (exact) mass is 1610 g/mol. The standard InChI is InChI=1S/C43H53NO14.C27H29NO11.C7H15Cl2N2O2P/c1-22-26(55-37(51)32(48)30(24-15-11-9-12-16-24)44-38(52)58-39(3,4)5)20-43(53)35(56-36(50)25-17-13-10-14-18-25)33-41(8,34(49)31(47)29(22)40(43,6)7)27(46)19-28-42(33,21-54-28)57-23(2)45;1-10-22(31)13(28)6-17(38-10)39-15-8-27(36,16(30)9-29)7-12-19(15)26(35)21-20(24(12)33)23(32)11-4-3-5-14(37-2)18(11)25(21)34;8-2-5-11(6-3-9)14(12)10-4-1-7-13-14/h9-18,26-28,30-33,35,46-48,53H,19-21H2,1-8H3,(H,44,52);3-5,10,13,15,17,22,29,31,33,35-36H,6-9,28H2,1-2H3;1-7H2,(H,10,12)/t26-,27-,28+,30-,31+,32+,33-,35-,41+,42-,43+;10-,13-,15-,17-,22+,27-;/m00./s1. The molecule has 4 aromatic rings. The van der Waals surface area contributed by atoms with Gasteiger partial charge >= 0.3 is 31.7 Å². The second kappa shape index (κ2) is 33.6. The van der Waals surface area contributed by atoms with Gasteiger partial charge in [0.1, 0.15) is 65.1 Å². The number of rotatable bonds is 18. The maximum atomic E-state index is 14.9. The number of nitrogens with one attached hydrogen (secondary N) is 2. The summed E-state index contributed by atoms with van der Waals surface area (Å²) < 4.78 is 65.7. The smallest absolute Gasteiger partial charge is 0.408 e. The number of esters is 3. The Balaban J connectivity index is 0.000000211. The maximum absolute atomic E-state index is 14.9. The molecule has 0 aromatic heterocycles. The van der Waals surface area contributed by atoms with E-state index < -0.39 is 216 Å². The number of alkyl halides is 2. The highest BCUT2D eigenvalue weighted by atomic mass is 35.5. The molecule has 13 N–H and O–H groups in total. The highest BCUT2D eigenvalue weighted by molar-refractivity contribution is 7.54. The molecule has 3 aliphatic heterocycles. The number of alkyl carbamates (subject to hydrolysis) is 1. The van der Waals surface area contributed by atoms with Crippen LogP contribution in [0, 0.1) is 16.7 Å². The van der Waals surface area contributed by atoms with Crippen LogP contribution < -0.4 is 20.9 Å². The lowest BCUT2D eigenvalue weighted by Gasteiger charge is -2.67. The largest absolute Gasteiger partial charge is 0.507 e. The minimum Gasteiger partial charge on any atom is -0.507 e. The van der Waals surface area contributed by atoms with Crippen molar-refractivity contribution < 1.29 is 131 Å². The molecule has 2 bridgehead atoms. The molecule has 1 amide bonds. The molecule has 3 saturated heterocycles. The fourth-order valence-corrected chi connectivity index (χ4v) is 19.2. The molecule has 5 fully saturated rings. The number of aliphatic hydroxyl groups is 7. The molecule has 31 nitrogen and oxygen atoms in total. The Morgan fingerprint density at radius 3 is 2.06 bits per heavy atom. The lowest BCUT2D eigenvalue weighted by Crippen LogP contribution is -2.81. The van der Waals surface area contributed by atoms with Crippen LogP contribution in [0.15, 0.2) is 90.0 Å². The summed E-state index contributed by atoms with van der Waals surface area (Å²) in [6.07, 6.45) is -15.7. The first-order valence-corrected chi connectivity index (χ1v) is 39.0. The average Bonchev–Trinajstić information content (AvgIpc) is 0.670. The number of halogens is 2. The van der Waals surface area contributed by atoms with Gasteiger partial charge in [0.05, 0.1) is 84.4 Å². The summed E-state index contributed by atoms with van der Waals surface area (Å²) in [5.74, 6) is -8.29. The summed E-state index contributed by atoms with van der Waals surface area (Å²) in [4.78, 5) is 109. The van der Waals surface area contributed by atoms with Gasteiger partial charge in [-0.3, -0.25) is 28.5 Å². The van der Waals surface area contributed by atoms with E-state index in [1.165, 1.54) is 51.3 Å². The number of benzene rings is 4. The second-order valence-electron chi connectivity index (χ2n) is 30.7. The molecule has 111 heavy (non-hydrogen) atoms. The molecular formula is C77H97Cl2N4O27P. The molecule has 0 spiro atoms. The summed E-state index contributed by atoms with van der Waals surface area (Å²) in [5, 5.41) is 108. The Bertz CT molecular complexity index is 4270. The van der Waals surface area contributed by atoms with Crippen LogP contribution in [-0.2, 0) is 67.8 Å². The third-order valence-corrected chi connectivity index (χ3v) is 25.0. The number of hydrogen-bond donors (Lipinski definition) is 12. The number of carbonyl (C=O) groups is 8.